The van der Waals surface area contributed by atoms with E-state index < -0.39 is 0 Å². The number of benzene rings is 2. The van der Waals surface area contributed by atoms with Gasteiger partial charge in [0, 0.05) is 24.1 Å². The van der Waals surface area contributed by atoms with Crippen molar-refractivity contribution in [2.45, 2.75) is 0 Å². The molecule has 0 N–H and O–H groups in total. The lowest BCUT2D eigenvalue weighted by Gasteiger charge is -2.19. The van der Waals surface area contributed by atoms with Crippen molar-refractivity contribution >= 4 is 22.2 Å². The number of rotatable bonds is 6. The summed E-state index contributed by atoms with van der Waals surface area (Å²) in [4.78, 5) is 6.76. The Labute approximate surface area is 151 Å². The highest BCUT2D eigenvalue weighted by molar-refractivity contribution is 7.14. The van der Waals surface area contributed by atoms with E-state index in [-0.39, 0.29) is 0 Å². The van der Waals surface area contributed by atoms with Crippen molar-refractivity contribution in [2.24, 2.45) is 0 Å². The van der Waals surface area contributed by atoms with Gasteiger partial charge < -0.3 is 19.1 Å². The fraction of sp³-hybridized carbons (Fsp3) is 0.211. The predicted molar refractivity (Wildman–Crippen MR) is 102 cm³/mol. The Hall–Kier alpha value is -2.73. The van der Waals surface area contributed by atoms with Gasteiger partial charge in [-0.05, 0) is 36.4 Å². The number of methoxy groups -OCH3 is 3. The Morgan fingerprint density at radius 2 is 1.56 bits per heavy atom. The summed E-state index contributed by atoms with van der Waals surface area (Å²) in [7, 11) is 6.92. The second kappa shape index (κ2) is 7.44. The molecule has 0 aliphatic heterocycles. The Balaban J connectivity index is 1.88. The summed E-state index contributed by atoms with van der Waals surface area (Å²) in [6, 6.07) is 13.6. The SMILES string of the molecule is COc1ccc(-c2csc(N(C)c3ccc(OC)cc3OC)n2)cc1. The summed E-state index contributed by atoms with van der Waals surface area (Å²) in [5.41, 5.74) is 2.92. The van der Waals surface area contributed by atoms with Crippen molar-refractivity contribution in [3.8, 4) is 28.5 Å². The van der Waals surface area contributed by atoms with Gasteiger partial charge in [0.2, 0.25) is 0 Å². The molecule has 5 nitrogen and oxygen atoms in total. The van der Waals surface area contributed by atoms with Crippen LogP contribution in [0.5, 0.6) is 17.2 Å². The van der Waals surface area contributed by atoms with Gasteiger partial charge in [-0.25, -0.2) is 4.98 Å². The summed E-state index contributed by atoms with van der Waals surface area (Å²) in [5, 5.41) is 2.93. The first-order chi connectivity index (χ1) is 12.2. The number of anilines is 2. The molecule has 0 aliphatic carbocycles. The number of nitrogens with zero attached hydrogens (tertiary/aromatic N) is 2. The monoisotopic (exact) mass is 356 g/mol. The highest BCUT2D eigenvalue weighted by atomic mass is 32.1. The van der Waals surface area contributed by atoms with Crippen LogP contribution < -0.4 is 19.1 Å². The van der Waals surface area contributed by atoms with Crippen LogP contribution in [-0.2, 0) is 0 Å². The second-order valence-electron chi connectivity index (χ2n) is 5.34. The van der Waals surface area contributed by atoms with E-state index in [4.69, 9.17) is 19.2 Å². The zero-order valence-corrected chi connectivity index (χ0v) is 15.5. The van der Waals surface area contributed by atoms with E-state index in [0.717, 1.165) is 39.3 Å². The quantitative estimate of drug-likeness (QED) is 0.646. The highest BCUT2D eigenvalue weighted by Crippen LogP contribution is 2.37. The van der Waals surface area contributed by atoms with Crippen LogP contribution in [0.4, 0.5) is 10.8 Å². The standard InChI is InChI=1S/C19H20N2O3S/c1-21(17-10-9-15(23-3)11-18(17)24-4)19-20-16(12-25-19)13-5-7-14(22-2)8-6-13/h5-12H,1-4H3. The summed E-state index contributed by atoms with van der Waals surface area (Å²) >= 11 is 1.58. The van der Waals surface area contributed by atoms with Crippen LogP contribution in [0.1, 0.15) is 0 Å². The maximum Gasteiger partial charge on any atom is 0.190 e. The van der Waals surface area contributed by atoms with Gasteiger partial charge in [-0.2, -0.15) is 0 Å². The number of hydrogen-bond acceptors (Lipinski definition) is 6. The molecule has 6 heteroatoms. The molecule has 130 valence electrons. The second-order valence-corrected chi connectivity index (χ2v) is 6.18. The van der Waals surface area contributed by atoms with E-state index in [2.05, 4.69) is 0 Å². The molecule has 0 amide bonds. The number of ether oxygens (including phenoxy) is 3. The zero-order valence-electron chi connectivity index (χ0n) is 14.6. The Morgan fingerprint density at radius 3 is 2.20 bits per heavy atom. The first kappa shape index (κ1) is 17.1. The molecule has 3 rings (SSSR count). The number of thiazole rings is 1. The van der Waals surface area contributed by atoms with Crippen molar-refractivity contribution in [1.29, 1.82) is 0 Å². The fourth-order valence-corrected chi connectivity index (χ4v) is 3.29. The molecule has 0 fully saturated rings. The van der Waals surface area contributed by atoms with E-state index in [1.807, 2.05) is 59.8 Å². The molecule has 2 aromatic carbocycles. The molecule has 1 heterocycles. The molecular weight excluding hydrogens is 336 g/mol. The predicted octanol–water partition coefficient (Wildman–Crippen LogP) is 4.60. The van der Waals surface area contributed by atoms with Gasteiger partial charge in [0.05, 0.1) is 32.7 Å². The summed E-state index contributed by atoms with van der Waals surface area (Å²) in [5.74, 6) is 2.33. The van der Waals surface area contributed by atoms with Crippen molar-refractivity contribution in [3.05, 3.63) is 47.8 Å². The summed E-state index contributed by atoms with van der Waals surface area (Å²) in [6.45, 7) is 0. The topological polar surface area (TPSA) is 43.8 Å². The van der Waals surface area contributed by atoms with Gasteiger partial charge >= 0.3 is 0 Å². The number of hydrogen-bond donors (Lipinski definition) is 0. The minimum Gasteiger partial charge on any atom is -0.497 e. The molecule has 0 spiro atoms. The Morgan fingerprint density at radius 1 is 0.880 bits per heavy atom. The normalized spacial score (nSPS) is 10.4. The average molecular weight is 356 g/mol. The lowest BCUT2D eigenvalue weighted by atomic mass is 10.2. The average Bonchev–Trinajstić information content (AvgIpc) is 3.17. The van der Waals surface area contributed by atoms with Crippen molar-refractivity contribution in [3.63, 3.8) is 0 Å². The van der Waals surface area contributed by atoms with Crippen molar-refractivity contribution in [2.75, 3.05) is 33.3 Å². The van der Waals surface area contributed by atoms with Gasteiger partial charge in [0.1, 0.15) is 17.2 Å². The molecule has 0 radical (unpaired) electrons. The van der Waals surface area contributed by atoms with Gasteiger partial charge in [0.15, 0.2) is 5.13 Å². The van der Waals surface area contributed by atoms with Crippen LogP contribution in [0.25, 0.3) is 11.3 Å². The van der Waals surface area contributed by atoms with E-state index >= 15 is 0 Å². The smallest absolute Gasteiger partial charge is 0.190 e. The fourth-order valence-electron chi connectivity index (χ4n) is 2.48. The highest BCUT2D eigenvalue weighted by Gasteiger charge is 2.15. The Bertz CT molecular complexity index is 846. The summed E-state index contributed by atoms with van der Waals surface area (Å²) < 4.78 is 15.9. The number of aromatic nitrogens is 1. The summed E-state index contributed by atoms with van der Waals surface area (Å²) in [6.07, 6.45) is 0. The largest absolute Gasteiger partial charge is 0.497 e. The molecule has 0 aliphatic rings. The molecule has 0 unspecified atom stereocenters. The first-order valence-corrected chi connectivity index (χ1v) is 8.60. The molecule has 0 saturated heterocycles. The minimum absolute atomic E-state index is 0.739. The van der Waals surface area contributed by atoms with Crippen molar-refractivity contribution < 1.29 is 14.2 Å². The van der Waals surface area contributed by atoms with E-state index in [9.17, 15) is 0 Å². The molecule has 3 aromatic rings. The Kier molecular flexibility index (Phi) is 5.09. The van der Waals surface area contributed by atoms with Gasteiger partial charge in [-0.3, -0.25) is 0 Å². The third-order valence-corrected chi connectivity index (χ3v) is 4.83. The zero-order chi connectivity index (χ0) is 17.8. The van der Waals surface area contributed by atoms with E-state index in [1.54, 1.807) is 32.7 Å². The molecule has 0 bridgehead atoms. The van der Waals surface area contributed by atoms with Crippen LogP contribution in [0.15, 0.2) is 47.8 Å². The minimum atomic E-state index is 0.739. The van der Waals surface area contributed by atoms with Crippen LogP contribution in [0.3, 0.4) is 0 Å². The van der Waals surface area contributed by atoms with Crippen LogP contribution in [0.2, 0.25) is 0 Å². The van der Waals surface area contributed by atoms with E-state index in [1.165, 1.54) is 0 Å². The lowest BCUT2D eigenvalue weighted by Crippen LogP contribution is -2.10. The van der Waals surface area contributed by atoms with Crippen LogP contribution in [-0.4, -0.2) is 33.4 Å². The maximum atomic E-state index is 5.49. The first-order valence-electron chi connectivity index (χ1n) is 7.72. The molecule has 0 atom stereocenters. The molecule has 25 heavy (non-hydrogen) atoms. The third-order valence-electron chi connectivity index (χ3n) is 3.91. The van der Waals surface area contributed by atoms with Crippen LogP contribution >= 0.6 is 11.3 Å². The van der Waals surface area contributed by atoms with Gasteiger partial charge in [-0.15, -0.1) is 11.3 Å². The molecule has 0 saturated carbocycles. The third kappa shape index (κ3) is 3.53. The molecule has 1 aromatic heterocycles. The van der Waals surface area contributed by atoms with Gasteiger partial charge in [-0.1, -0.05) is 0 Å². The lowest BCUT2D eigenvalue weighted by molar-refractivity contribution is 0.395. The maximum absolute atomic E-state index is 5.49. The van der Waals surface area contributed by atoms with Gasteiger partial charge in [0.25, 0.3) is 0 Å². The van der Waals surface area contributed by atoms with E-state index in [0.29, 0.717) is 0 Å². The van der Waals surface area contributed by atoms with Crippen molar-refractivity contribution in [1.82, 2.24) is 4.98 Å². The van der Waals surface area contributed by atoms with Crippen LogP contribution in [0, 0.1) is 0 Å². The molecular formula is C19H20N2O3S.